The van der Waals surface area contributed by atoms with Crippen LogP contribution >= 0.6 is 0 Å². The van der Waals surface area contributed by atoms with Gasteiger partial charge in [-0.1, -0.05) is 0 Å². The van der Waals surface area contributed by atoms with Gasteiger partial charge >= 0.3 is 5.69 Å². The van der Waals surface area contributed by atoms with E-state index in [9.17, 15) is 19.3 Å². The van der Waals surface area contributed by atoms with Gasteiger partial charge in [0, 0.05) is 19.7 Å². The van der Waals surface area contributed by atoms with Gasteiger partial charge in [0.05, 0.1) is 29.2 Å². The van der Waals surface area contributed by atoms with Gasteiger partial charge in [0.2, 0.25) is 5.91 Å². The third-order valence-corrected chi connectivity index (χ3v) is 3.03. The molecular formula is C13H18FN3O4. The monoisotopic (exact) mass is 299 g/mol. The van der Waals surface area contributed by atoms with Crippen LogP contribution in [0.3, 0.4) is 0 Å². The molecule has 1 rings (SSSR count). The number of carbonyl (C=O) groups excluding carboxylic acids is 1. The highest BCUT2D eigenvalue weighted by atomic mass is 19.1. The number of methoxy groups -OCH3 is 1. The zero-order valence-electron chi connectivity index (χ0n) is 12.3. The molecule has 7 nitrogen and oxygen atoms in total. The fourth-order valence-electron chi connectivity index (χ4n) is 1.72. The lowest BCUT2D eigenvalue weighted by Crippen LogP contribution is -2.39. The molecule has 0 unspecified atom stereocenters. The molecule has 0 aromatic heterocycles. The summed E-state index contributed by atoms with van der Waals surface area (Å²) in [5.74, 6) is -1.04. The summed E-state index contributed by atoms with van der Waals surface area (Å²) in [6.07, 6.45) is 0. The molecule has 0 radical (unpaired) electrons. The van der Waals surface area contributed by atoms with Crippen molar-refractivity contribution in [3.63, 3.8) is 0 Å². The maximum atomic E-state index is 13.9. The maximum absolute atomic E-state index is 13.9. The Hall–Kier alpha value is -2.38. The minimum absolute atomic E-state index is 0.0365. The van der Waals surface area contributed by atoms with E-state index in [1.54, 1.807) is 13.8 Å². The Kier molecular flexibility index (Phi) is 5.07. The Morgan fingerprint density at radius 3 is 2.57 bits per heavy atom. The third kappa shape index (κ3) is 3.80. The van der Waals surface area contributed by atoms with E-state index in [-0.39, 0.29) is 23.9 Å². The largest absolute Gasteiger partial charge is 0.490 e. The molecule has 1 aromatic carbocycles. The number of halogens is 1. The molecule has 116 valence electrons. The Labute approximate surface area is 121 Å². The highest BCUT2D eigenvalue weighted by Crippen LogP contribution is 2.32. The van der Waals surface area contributed by atoms with Crippen molar-refractivity contribution in [2.45, 2.75) is 13.8 Å². The SMILES string of the molecule is CNC(=O)C(C)(C)CNc1cc(OC)c([N+](=O)[O-])cc1F. The molecule has 21 heavy (non-hydrogen) atoms. The van der Waals surface area contributed by atoms with Crippen LogP contribution in [0.1, 0.15) is 13.8 Å². The van der Waals surface area contributed by atoms with Gasteiger partial charge in [-0.25, -0.2) is 4.39 Å². The summed E-state index contributed by atoms with van der Waals surface area (Å²) in [5.41, 5.74) is -1.18. The van der Waals surface area contributed by atoms with Crippen molar-refractivity contribution in [1.82, 2.24) is 5.32 Å². The number of benzene rings is 1. The van der Waals surface area contributed by atoms with Crippen molar-refractivity contribution in [3.8, 4) is 5.75 Å². The molecule has 8 heteroatoms. The van der Waals surface area contributed by atoms with E-state index in [0.717, 1.165) is 6.07 Å². The molecular weight excluding hydrogens is 281 g/mol. The molecule has 0 saturated carbocycles. The number of hydrogen-bond acceptors (Lipinski definition) is 5. The molecule has 1 aromatic rings. The van der Waals surface area contributed by atoms with E-state index < -0.39 is 21.8 Å². The van der Waals surface area contributed by atoms with E-state index in [0.29, 0.717) is 0 Å². The normalized spacial score (nSPS) is 10.9. The molecule has 0 aliphatic heterocycles. The number of ether oxygens (including phenoxy) is 1. The van der Waals surface area contributed by atoms with Gasteiger partial charge in [-0.15, -0.1) is 0 Å². The zero-order chi connectivity index (χ0) is 16.2. The first-order chi connectivity index (χ1) is 9.72. The average Bonchev–Trinajstić information content (AvgIpc) is 2.44. The van der Waals surface area contributed by atoms with Crippen LogP contribution < -0.4 is 15.4 Å². The van der Waals surface area contributed by atoms with E-state index in [1.807, 2.05) is 0 Å². The van der Waals surface area contributed by atoms with Crippen LogP contribution in [0.2, 0.25) is 0 Å². The van der Waals surface area contributed by atoms with Gasteiger partial charge < -0.3 is 15.4 Å². The predicted molar refractivity (Wildman–Crippen MR) is 75.9 cm³/mol. The first-order valence-corrected chi connectivity index (χ1v) is 6.21. The van der Waals surface area contributed by atoms with Crippen molar-refractivity contribution >= 4 is 17.3 Å². The average molecular weight is 299 g/mol. The van der Waals surface area contributed by atoms with E-state index in [2.05, 4.69) is 10.6 Å². The zero-order valence-corrected chi connectivity index (χ0v) is 12.3. The van der Waals surface area contributed by atoms with Gasteiger partial charge in [0.25, 0.3) is 0 Å². The van der Waals surface area contributed by atoms with E-state index in [1.165, 1.54) is 20.2 Å². The lowest BCUT2D eigenvalue weighted by molar-refractivity contribution is -0.385. The number of nitro groups is 1. The number of amides is 1. The number of nitrogens with one attached hydrogen (secondary N) is 2. The van der Waals surface area contributed by atoms with Crippen molar-refractivity contribution in [3.05, 3.63) is 28.1 Å². The fourth-order valence-corrected chi connectivity index (χ4v) is 1.72. The summed E-state index contributed by atoms with van der Waals surface area (Å²) in [6.45, 7) is 3.54. The number of anilines is 1. The van der Waals surface area contributed by atoms with Crippen LogP contribution in [0.4, 0.5) is 15.8 Å². The summed E-state index contributed by atoms with van der Waals surface area (Å²) in [6, 6.07) is 1.99. The minimum Gasteiger partial charge on any atom is -0.490 e. The second kappa shape index (κ2) is 6.38. The molecule has 0 atom stereocenters. The Balaban J connectivity index is 3.00. The summed E-state index contributed by atoms with van der Waals surface area (Å²) in [7, 11) is 2.78. The van der Waals surface area contributed by atoms with Crippen LogP contribution in [-0.2, 0) is 4.79 Å². The predicted octanol–water partition coefficient (Wildman–Crippen LogP) is 1.93. The summed E-state index contributed by atoms with van der Waals surface area (Å²) < 4.78 is 18.7. The van der Waals surface area contributed by atoms with Crippen LogP contribution in [0.5, 0.6) is 5.75 Å². The van der Waals surface area contributed by atoms with Gasteiger partial charge in [0.15, 0.2) is 11.6 Å². The van der Waals surface area contributed by atoms with Gasteiger partial charge in [-0.2, -0.15) is 0 Å². The second-order valence-electron chi connectivity index (χ2n) is 5.08. The standard InChI is InChI=1S/C13H18FN3O4/c1-13(2,12(18)15-3)7-16-9-6-11(21-4)10(17(19)20)5-8(9)14/h5-6,16H,7H2,1-4H3,(H,15,18). The van der Waals surface area contributed by atoms with Crippen LogP contribution in [0, 0.1) is 21.3 Å². The first kappa shape index (κ1) is 16.7. The molecule has 0 fully saturated rings. The highest BCUT2D eigenvalue weighted by Gasteiger charge is 2.27. The first-order valence-electron chi connectivity index (χ1n) is 6.21. The fraction of sp³-hybridized carbons (Fsp3) is 0.462. The van der Waals surface area contributed by atoms with E-state index in [4.69, 9.17) is 4.74 Å². The topological polar surface area (TPSA) is 93.5 Å². The molecule has 1 amide bonds. The summed E-state index contributed by atoms with van der Waals surface area (Å²) >= 11 is 0. The van der Waals surface area contributed by atoms with Gasteiger partial charge in [-0.05, 0) is 13.8 Å². The number of nitro benzene ring substituents is 1. The van der Waals surface area contributed by atoms with Gasteiger partial charge in [-0.3, -0.25) is 14.9 Å². The van der Waals surface area contributed by atoms with E-state index >= 15 is 0 Å². The Morgan fingerprint density at radius 1 is 1.48 bits per heavy atom. The number of nitrogens with zero attached hydrogens (tertiary/aromatic N) is 1. The number of carbonyl (C=O) groups is 1. The maximum Gasteiger partial charge on any atom is 0.313 e. The lowest BCUT2D eigenvalue weighted by Gasteiger charge is -2.23. The smallest absolute Gasteiger partial charge is 0.313 e. The Bertz CT molecular complexity index is 561. The van der Waals surface area contributed by atoms with Crippen LogP contribution in [0.15, 0.2) is 12.1 Å². The van der Waals surface area contributed by atoms with Crippen LogP contribution in [0.25, 0.3) is 0 Å². The van der Waals surface area contributed by atoms with Crippen molar-refractivity contribution < 1.29 is 18.8 Å². The van der Waals surface area contributed by atoms with Crippen molar-refractivity contribution in [2.75, 3.05) is 26.0 Å². The van der Waals surface area contributed by atoms with Crippen molar-refractivity contribution in [2.24, 2.45) is 5.41 Å². The highest BCUT2D eigenvalue weighted by molar-refractivity contribution is 5.82. The Morgan fingerprint density at radius 2 is 2.10 bits per heavy atom. The molecule has 0 aliphatic carbocycles. The third-order valence-electron chi connectivity index (χ3n) is 3.03. The van der Waals surface area contributed by atoms with Crippen molar-refractivity contribution in [1.29, 1.82) is 0 Å². The summed E-state index contributed by atoms with van der Waals surface area (Å²) in [5, 5.41) is 16.1. The van der Waals surface area contributed by atoms with Gasteiger partial charge in [0.1, 0.15) is 0 Å². The molecule has 0 spiro atoms. The van der Waals surface area contributed by atoms with Crippen LogP contribution in [-0.4, -0.2) is 31.5 Å². The minimum atomic E-state index is -0.782. The molecule has 0 heterocycles. The summed E-state index contributed by atoms with van der Waals surface area (Å²) in [4.78, 5) is 21.7. The quantitative estimate of drug-likeness (QED) is 0.618. The number of hydrogen-bond donors (Lipinski definition) is 2. The lowest BCUT2D eigenvalue weighted by atomic mass is 9.92. The molecule has 0 saturated heterocycles. The molecule has 0 aliphatic rings. The second-order valence-corrected chi connectivity index (χ2v) is 5.08. The molecule has 2 N–H and O–H groups in total. The molecule has 0 bridgehead atoms. The number of rotatable bonds is 6.